The molecule has 184 valence electrons. The highest BCUT2D eigenvalue weighted by atomic mass is 35.5. The number of hydrogen-bond acceptors (Lipinski definition) is 5. The molecule has 0 radical (unpaired) electrons. The van der Waals surface area contributed by atoms with Gasteiger partial charge in [-0.1, -0.05) is 41.3 Å². The van der Waals surface area contributed by atoms with Crippen molar-refractivity contribution in [3.63, 3.8) is 0 Å². The Labute approximate surface area is 207 Å². The molecular weight excluding hydrogens is 487 g/mol. The standard InChI is InChI=1S/C25H27Cl2F2NO4/c1-13-9-15-10-24(23(28)29,11-17(13)25(15)31-7-8-32-25)33-12-16-21(30-34-22(16)14-5-6-14)20-18(26)3-2-4-19(20)27/h2-4,13-15,17,23H,5-12H2,1H3. The number of alkyl halides is 2. The zero-order chi connectivity index (χ0) is 23.7. The highest BCUT2D eigenvalue weighted by Crippen LogP contribution is 2.61. The molecule has 2 heterocycles. The molecule has 1 aromatic heterocycles. The highest BCUT2D eigenvalue weighted by Gasteiger charge is 2.66. The van der Waals surface area contributed by atoms with Gasteiger partial charge in [-0.05, 0) is 50.2 Å². The molecule has 1 saturated heterocycles. The number of hydrogen-bond donors (Lipinski definition) is 0. The van der Waals surface area contributed by atoms with Crippen molar-refractivity contribution in [2.75, 3.05) is 13.2 Å². The monoisotopic (exact) mass is 513 g/mol. The van der Waals surface area contributed by atoms with Crippen LogP contribution >= 0.6 is 23.2 Å². The lowest BCUT2D eigenvalue weighted by atomic mass is 9.72. The first-order chi connectivity index (χ1) is 16.3. The van der Waals surface area contributed by atoms with E-state index in [1.165, 1.54) is 0 Å². The van der Waals surface area contributed by atoms with E-state index in [9.17, 15) is 8.78 Å². The fourth-order valence-corrected chi connectivity index (χ4v) is 7.01. The van der Waals surface area contributed by atoms with Crippen molar-refractivity contribution in [3.8, 4) is 11.3 Å². The molecule has 0 N–H and O–H groups in total. The molecule has 1 aliphatic heterocycles. The Morgan fingerprint density at radius 1 is 1.15 bits per heavy atom. The van der Waals surface area contributed by atoms with Crippen molar-refractivity contribution in [2.45, 2.75) is 69.4 Å². The molecule has 2 aromatic rings. The maximum absolute atomic E-state index is 14.7. The lowest BCUT2D eigenvalue weighted by molar-refractivity contribution is -0.277. The third kappa shape index (κ3) is 3.53. The molecule has 3 saturated carbocycles. The predicted octanol–water partition coefficient (Wildman–Crippen LogP) is 6.86. The molecule has 3 aliphatic carbocycles. The molecule has 6 rings (SSSR count). The average Bonchev–Trinajstić information content (AvgIpc) is 3.35. The minimum Gasteiger partial charge on any atom is -0.364 e. The quantitative estimate of drug-likeness (QED) is 0.422. The van der Waals surface area contributed by atoms with E-state index in [0.29, 0.717) is 45.8 Å². The van der Waals surface area contributed by atoms with Crippen LogP contribution in [0, 0.1) is 17.8 Å². The fraction of sp³-hybridized carbons (Fsp3) is 0.640. The summed E-state index contributed by atoms with van der Waals surface area (Å²) in [5, 5.41) is 5.11. The number of halogens is 4. The molecule has 0 amide bonds. The zero-order valence-corrected chi connectivity index (χ0v) is 20.4. The van der Waals surface area contributed by atoms with E-state index in [0.717, 1.165) is 19.3 Å². The first kappa shape index (κ1) is 23.2. The van der Waals surface area contributed by atoms with E-state index < -0.39 is 17.8 Å². The smallest absolute Gasteiger partial charge is 0.267 e. The number of ether oxygens (including phenoxy) is 3. The number of rotatable bonds is 6. The molecule has 1 spiro atoms. The lowest BCUT2D eigenvalue weighted by Gasteiger charge is -2.48. The molecule has 9 heteroatoms. The van der Waals surface area contributed by atoms with Crippen molar-refractivity contribution in [2.24, 2.45) is 17.8 Å². The Morgan fingerprint density at radius 2 is 1.85 bits per heavy atom. The van der Waals surface area contributed by atoms with Gasteiger partial charge in [-0.3, -0.25) is 0 Å². The van der Waals surface area contributed by atoms with Crippen LogP contribution in [0.1, 0.15) is 56.3 Å². The average molecular weight is 514 g/mol. The fourth-order valence-electron chi connectivity index (χ4n) is 6.44. The summed E-state index contributed by atoms with van der Waals surface area (Å²) in [7, 11) is 0. The van der Waals surface area contributed by atoms with Gasteiger partial charge < -0.3 is 18.7 Å². The van der Waals surface area contributed by atoms with Gasteiger partial charge in [-0.15, -0.1) is 0 Å². The second-order valence-electron chi connectivity index (χ2n) is 10.2. The van der Waals surface area contributed by atoms with Crippen molar-refractivity contribution >= 4 is 23.2 Å². The minimum absolute atomic E-state index is 0.0426. The number of aromatic nitrogens is 1. The topological polar surface area (TPSA) is 53.7 Å². The lowest BCUT2D eigenvalue weighted by Crippen LogP contribution is -2.56. The van der Waals surface area contributed by atoms with Gasteiger partial charge in [-0.25, -0.2) is 8.78 Å². The molecular formula is C25H27Cl2F2NO4. The summed E-state index contributed by atoms with van der Waals surface area (Å²) < 4.78 is 53.4. The van der Waals surface area contributed by atoms with Crippen LogP contribution in [0.25, 0.3) is 11.3 Å². The predicted molar refractivity (Wildman–Crippen MR) is 122 cm³/mol. The summed E-state index contributed by atoms with van der Waals surface area (Å²) in [6.45, 7) is 3.08. The van der Waals surface area contributed by atoms with Crippen LogP contribution in [0.3, 0.4) is 0 Å². The maximum atomic E-state index is 14.7. The SMILES string of the molecule is CC1CC2CC(OCc3c(-c4c(Cl)cccc4Cl)noc3C3CC3)(C(F)F)CC1C21OCCO1. The van der Waals surface area contributed by atoms with E-state index in [-0.39, 0.29) is 43.1 Å². The van der Waals surface area contributed by atoms with Gasteiger partial charge in [0.05, 0.1) is 29.9 Å². The molecule has 4 atom stereocenters. The molecule has 4 aliphatic rings. The van der Waals surface area contributed by atoms with E-state index in [1.54, 1.807) is 18.2 Å². The Balaban J connectivity index is 1.33. The Morgan fingerprint density at radius 3 is 2.47 bits per heavy atom. The van der Waals surface area contributed by atoms with Gasteiger partial charge >= 0.3 is 0 Å². The summed E-state index contributed by atoms with van der Waals surface area (Å²) in [5.74, 6) is 0.123. The second-order valence-corrected chi connectivity index (χ2v) is 11.1. The van der Waals surface area contributed by atoms with Crippen LogP contribution in [0.5, 0.6) is 0 Å². The normalized spacial score (nSPS) is 32.2. The van der Waals surface area contributed by atoms with Crippen molar-refractivity contribution < 1.29 is 27.5 Å². The molecule has 1 aromatic carbocycles. The van der Waals surface area contributed by atoms with Crippen molar-refractivity contribution in [1.29, 1.82) is 0 Å². The Hall–Kier alpha value is -1.25. The van der Waals surface area contributed by atoms with Gasteiger partial charge in [0.2, 0.25) is 0 Å². The van der Waals surface area contributed by atoms with E-state index in [1.807, 2.05) is 0 Å². The number of benzene rings is 1. The summed E-state index contributed by atoms with van der Waals surface area (Å²) in [4.78, 5) is 0. The first-order valence-electron chi connectivity index (χ1n) is 12.0. The largest absolute Gasteiger partial charge is 0.364 e. The number of nitrogens with zero attached hydrogens (tertiary/aromatic N) is 1. The van der Waals surface area contributed by atoms with Crippen LogP contribution in [-0.4, -0.2) is 36.2 Å². The zero-order valence-electron chi connectivity index (χ0n) is 18.9. The van der Waals surface area contributed by atoms with E-state index in [2.05, 4.69) is 12.1 Å². The maximum Gasteiger partial charge on any atom is 0.267 e. The molecule has 34 heavy (non-hydrogen) atoms. The van der Waals surface area contributed by atoms with Crippen LogP contribution in [0.2, 0.25) is 10.0 Å². The highest BCUT2D eigenvalue weighted by molar-refractivity contribution is 6.39. The molecule has 4 fully saturated rings. The van der Waals surface area contributed by atoms with Gasteiger partial charge in [-0.2, -0.15) is 0 Å². The van der Waals surface area contributed by atoms with Gasteiger partial charge in [0, 0.05) is 28.9 Å². The van der Waals surface area contributed by atoms with Crippen molar-refractivity contribution in [3.05, 3.63) is 39.6 Å². The van der Waals surface area contributed by atoms with Crippen LogP contribution in [0.15, 0.2) is 22.7 Å². The van der Waals surface area contributed by atoms with E-state index >= 15 is 0 Å². The minimum atomic E-state index is -2.64. The summed E-state index contributed by atoms with van der Waals surface area (Å²) in [6.07, 6.45) is 0.474. The van der Waals surface area contributed by atoms with Crippen LogP contribution < -0.4 is 0 Å². The van der Waals surface area contributed by atoms with Gasteiger partial charge in [0.1, 0.15) is 17.1 Å². The third-order valence-electron chi connectivity index (χ3n) is 8.19. The molecule has 5 nitrogen and oxygen atoms in total. The molecule has 2 bridgehead atoms. The summed E-state index contributed by atoms with van der Waals surface area (Å²) >= 11 is 12.9. The summed E-state index contributed by atoms with van der Waals surface area (Å²) in [5.41, 5.74) is 0.0788. The Kier molecular flexibility index (Phi) is 5.73. The van der Waals surface area contributed by atoms with Crippen molar-refractivity contribution in [1.82, 2.24) is 5.16 Å². The van der Waals surface area contributed by atoms with Gasteiger partial charge in [0.25, 0.3) is 6.43 Å². The molecule has 4 unspecified atom stereocenters. The van der Waals surface area contributed by atoms with Gasteiger partial charge in [0.15, 0.2) is 5.79 Å². The first-order valence-corrected chi connectivity index (χ1v) is 12.7. The van der Waals surface area contributed by atoms with E-state index in [4.69, 9.17) is 41.9 Å². The van der Waals surface area contributed by atoms with Crippen LogP contribution in [-0.2, 0) is 20.8 Å². The second kappa shape index (κ2) is 8.41. The Bertz CT molecular complexity index is 1060. The third-order valence-corrected chi connectivity index (χ3v) is 8.82. The summed E-state index contributed by atoms with van der Waals surface area (Å²) in [6, 6.07) is 5.20. The van der Waals surface area contributed by atoms with Crippen LogP contribution in [0.4, 0.5) is 8.78 Å².